The maximum atomic E-state index is 4.30. The minimum absolute atomic E-state index is 0.691. The van der Waals surface area contributed by atoms with E-state index in [1.807, 2.05) is 6.20 Å². The first kappa shape index (κ1) is 8.60. The molecule has 0 atom stereocenters. The fraction of sp³-hybridized carbons (Fsp3) is 0.700. The van der Waals surface area contributed by atoms with Crippen LogP contribution in [0, 0.1) is 0 Å². The zero-order valence-corrected chi connectivity index (χ0v) is 8.16. The second kappa shape index (κ2) is 3.81. The second-order valence-corrected chi connectivity index (χ2v) is 3.63. The van der Waals surface area contributed by atoms with Crippen molar-refractivity contribution in [2.24, 2.45) is 0 Å². The first-order valence-corrected chi connectivity index (χ1v) is 5.18. The van der Waals surface area contributed by atoms with Gasteiger partial charge in [0.15, 0.2) is 0 Å². The monoisotopic (exact) mass is 179 g/mol. The predicted molar refractivity (Wildman–Crippen MR) is 53.9 cm³/mol. The molecule has 3 heteroatoms. The Kier molecular flexibility index (Phi) is 2.52. The minimum Gasteiger partial charge on any atom is -0.356 e. The van der Waals surface area contributed by atoms with Crippen molar-refractivity contribution in [2.45, 2.75) is 38.6 Å². The average Bonchev–Trinajstić information content (AvgIpc) is 2.71. The summed E-state index contributed by atoms with van der Waals surface area (Å²) in [5.74, 6) is 1.04. The standard InChI is InChI=1S/C10H17N3/c1-2-11-10-12-7-8-13(10)9-5-3-4-6-9/h7-9H,2-6H2,1H3,(H,11,12). The van der Waals surface area contributed by atoms with Crippen LogP contribution in [0.5, 0.6) is 0 Å². The van der Waals surface area contributed by atoms with E-state index in [0.29, 0.717) is 6.04 Å². The van der Waals surface area contributed by atoms with Crippen LogP contribution in [0.3, 0.4) is 0 Å². The predicted octanol–water partition coefficient (Wildman–Crippen LogP) is 2.43. The van der Waals surface area contributed by atoms with Crippen molar-refractivity contribution < 1.29 is 0 Å². The van der Waals surface area contributed by atoms with Crippen molar-refractivity contribution in [3.8, 4) is 0 Å². The molecule has 0 saturated heterocycles. The molecule has 1 saturated carbocycles. The SMILES string of the molecule is CCNc1nccn1C1CCCC1. The molecule has 1 aliphatic carbocycles. The quantitative estimate of drug-likeness (QED) is 0.772. The lowest BCUT2D eigenvalue weighted by Gasteiger charge is -2.14. The number of aromatic nitrogens is 2. The van der Waals surface area contributed by atoms with Gasteiger partial charge in [-0.3, -0.25) is 0 Å². The molecule has 0 bridgehead atoms. The smallest absolute Gasteiger partial charge is 0.203 e. The summed E-state index contributed by atoms with van der Waals surface area (Å²) < 4.78 is 2.29. The highest BCUT2D eigenvalue weighted by Crippen LogP contribution is 2.31. The lowest BCUT2D eigenvalue weighted by atomic mass is 10.2. The van der Waals surface area contributed by atoms with Crippen molar-refractivity contribution >= 4 is 5.95 Å². The summed E-state index contributed by atoms with van der Waals surface area (Å²) >= 11 is 0. The number of hydrogen-bond donors (Lipinski definition) is 1. The molecular formula is C10H17N3. The van der Waals surface area contributed by atoms with E-state index < -0.39 is 0 Å². The summed E-state index contributed by atoms with van der Waals surface area (Å²) in [4.78, 5) is 4.30. The van der Waals surface area contributed by atoms with Crippen LogP contribution in [0.4, 0.5) is 5.95 Å². The number of rotatable bonds is 3. The third-order valence-corrected chi connectivity index (χ3v) is 2.72. The van der Waals surface area contributed by atoms with E-state index in [9.17, 15) is 0 Å². The Morgan fingerprint density at radius 3 is 3.00 bits per heavy atom. The second-order valence-electron chi connectivity index (χ2n) is 3.63. The highest BCUT2D eigenvalue weighted by atomic mass is 15.2. The Labute approximate surface area is 79.2 Å². The molecule has 1 N–H and O–H groups in total. The molecule has 1 fully saturated rings. The van der Waals surface area contributed by atoms with Gasteiger partial charge < -0.3 is 9.88 Å². The Balaban J connectivity index is 2.13. The van der Waals surface area contributed by atoms with Crippen LogP contribution < -0.4 is 5.32 Å². The Hall–Kier alpha value is -0.990. The van der Waals surface area contributed by atoms with Gasteiger partial charge in [0.1, 0.15) is 0 Å². The van der Waals surface area contributed by atoms with Crippen molar-refractivity contribution in [3.05, 3.63) is 12.4 Å². The summed E-state index contributed by atoms with van der Waals surface area (Å²) in [5, 5.41) is 3.28. The van der Waals surface area contributed by atoms with Gasteiger partial charge in [0.05, 0.1) is 0 Å². The van der Waals surface area contributed by atoms with Crippen molar-refractivity contribution in [2.75, 3.05) is 11.9 Å². The molecule has 1 aromatic heterocycles. The molecule has 0 unspecified atom stereocenters. The molecule has 0 aromatic carbocycles. The molecule has 1 aromatic rings. The van der Waals surface area contributed by atoms with Crippen molar-refractivity contribution in [1.82, 2.24) is 9.55 Å². The van der Waals surface area contributed by atoms with Gasteiger partial charge in [0.2, 0.25) is 5.95 Å². The van der Waals surface area contributed by atoms with Crippen LogP contribution in [0.15, 0.2) is 12.4 Å². The highest BCUT2D eigenvalue weighted by Gasteiger charge is 2.18. The summed E-state index contributed by atoms with van der Waals surface area (Å²) in [6, 6.07) is 0.691. The Morgan fingerprint density at radius 2 is 2.31 bits per heavy atom. The van der Waals surface area contributed by atoms with Gasteiger partial charge in [-0.1, -0.05) is 12.8 Å². The molecule has 72 valence electrons. The van der Waals surface area contributed by atoms with Gasteiger partial charge in [-0.05, 0) is 19.8 Å². The van der Waals surface area contributed by atoms with Crippen LogP contribution in [-0.2, 0) is 0 Å². The fourth-order valence-electron chi connectivity index (χ4n) is 2.09. The number of nitrogens with zero attached hydrogens (tertiary/aromatic N) is 2. The van der Waals surface area contributed by atoms with E-state index in [-0.39, 0.29) is 0 Å². The van der Waals surface area contributed by atoms with E-state index in [2.05, 4.69) is 28.0 Å². The fourth-order valence-corrected chi connectivity index (χ4v) is 2.09. The van der Waals surface area contributed by atoms with Crippen LogP contribution in [0.2, 0.25) is 0 Å². The Bertz CT molecular complexity index is 261. The van der Waals surface area contributed by atoms with Crippen molar-refractivity contribution in [1.29, 1.82) is 0 Å². The highest BCUT2D eigenvalue weighted by molar-refractivity contribution is 5.26. The van der Waals surface area contributed by atoms with E-state index in [1.165, 1.54) is 25.7 Å². The molecule has 0 radical (unpaired) electrons. The third kappa shape index (κ3) is 1.69. The molecular weight excluding hydrogens is 162 g/mol. The van der Waals surface area contributed by atoms with Crippen molar-refractivity contribution in [3.63, 3.8) is 0 Å². The summed E-state index contributed by atoms with van der Waals surface area (Å²) in [6.07, 6.45) is 9.34. The zero-order valence-electron chi connectivity index (χ0n) is 8.16. The summed E-state index contributed by atoms with van der Waals surface area (Å²) in [6.45, 7) is 3.05. The molecule has 1 aliphatic rings. The van der Waals surface area contributed by atoms with E-state index in [4.69, 9.17) is 0 Å². The van der Waals surface area contributed by atoms with Gasteiger partial charge in [-0.25, -0.2) is 4.98 Å². The van der Waals surface area contributed by atoms with Crippen LogP contribution in [0.25, 0.3) is 0 Å². The lowest BCUT2D eigenvalue weighted by Crippen LogP contribution is -2.10. The number of hydrogen-bond acceptors (Lipinski definition) is 2. The maximum absolute atomic E-state index is 4.30. The summed E-state index contributed by atoms with van der Waals surface area (Å²) in [5.41, 5.74) is 0. The van der Waals surface area contributed by atoms with Crippen LogP contribution in [0.1, 0.15) is 38.6 Å². The maximum Gasteiger partial charge on any atom is 0.203 e. The van der Waals surface area contributed by atoms with E-state index in [0.717, 1.165) is 12.5 Å². The zero-order chi connectivity index (χ0) is 9.10. The lowest BCUT2D eigenvalue weighted by molar-refractivity contribution is 0.523. The van der Waals surface area contributed by atoms with Gasteiger partial charge in [0, 0.05) is 25.0 Å². The number of imidazole rings is 1. The summed E-state index contributed by atoms with van der Waals surface area (Å²) in [7, 11) is 0. The van der Waals surface area contributed by atoms with Gasteiger partial charge in [0.25, 0.3) is 0 Å². The minimum atomic E-state index is 0.691. The molecule has 2 rings (SSSR count). The van der Waals surface area contributed by atoms with E-state index in [1.54, 1.807) is 0 Å². The first-order valence-electron chi connectivity index (χ1n) is 5.18. The average molecular weight is 179 g/mol. The normalized spacial score (nSPS) is 17.9. The number of nitrogens with one attached hydrogen (secondary N) is 1. The van der Waals surface area contributed by atoms with Crippen LogP contribution in [-0.4, -0.2) is 16.1 Å². The molecule has 13 heavy (non-hydrogen) atoms. The third-order valence-electron chi connectivity index (χ3n) is 2.72. The molecule has 0 spiro atoms. The van der Waals surface area contributed by atoms with Gasteiger partial charge >= 0.3 is 0 Å². The number of anilines is 1. The molecule has 1 heterocycles. The van der Waals surface area contributed by atoms with E-state index >= 15 is 0 Å². The molecule has 3 nitrogen and oxygen atoms in total. The molecule has 0 amide bonds. The Morgan fingerprint density at radius 1 is 1.54 bits per heavy atom. The topological polar surface area (TPSA) is 29.9 Å². The van der Waals surface area contributed by atoms with Crippen LogP contribution >= 0.6 is 0 Å². The largest absolute Gasteiger partial charge is 0.356 e. The molecule has 0 aliphatic heterocycles. The van der Waals surface area contributed by atoms with Gasteiger partial charge in [-0.2, -0.15) is 0 Å². The first-order chi connectivity index (χ1) is 6.42. The van der Waals surface area contributed by atoms with Gasteiger partial charge in [-0.15, -0.1) is 0 Å².